The van der Waals surface area contributed by atoms with Crippen LogP contribution in [0.3, 0.4) is 0 Å². The highest BCUT2D eigenvalue weighted by atomic mass is 32.2. The first kappa shape index (κ1) is 19.7. The number of sulfonamides is 1. The highest BCUT2D eigenvalue weighted by molar-refractivity contribution is 7.93. The van der Waals surface area contributed by atoms with Crippen molar-refractivity contribution in [3.05, 3.63) is 58.6 Å². The van der Waals surface area contributed by atoms with Gasteiger partial charge in [-0.15, -0.1) is 0 Å². The number of hydrogen-bond acceptors (Lipinski definition) is 6. The van der Waals surface area contributed by atoms with Crippen molar-refractivity contribution in [3.63, 3.8) is 0 Å². The second-order valence-corrected chi connectivity index (χ2v) is 8.43. The summed E-state index contributed by atoms with van der Waals surface area (Å²) < 4.78 is 85.4. The molecule has 0 bridgehead atoms. The predicted octanol–water partition coefficient (Wildman–Crippen LogP) is 2.69. The lowest BCUT2D eigenvalue weighted by Crippen LogP contribution is -2.30. The molecular formula is C13H9F3N2O6S2. The van der Waals surface area contributed by atoms with E-state index in [4.69, 9.17) is 0 Å². The summed E-state index contributed by atoms with van der Waals surface area (Å²) in [6.07, 6.45) is 0. The van der Waals surface area contributed by atoms with Gasteiger partial charge in [-0.3, -0.25) is 14.8 Å². The lowest BCUT2D eigenvalue weighted by molar-refractivity contribution is -0.384. The number of halogens is 3. The van der Waals surface area contributed by atoms with E-state index < -0.39 is 46.6 Å². The van der Waals surface area contributed by atoms with Crippen molar-refractivity contribution in [1.82, 2.24) is 0 Å². The van der Waals surface area contributed by atoms with Crippen molar-refractivity contribution in [2.75, 3.05) is 4.72 Å². The van der Waals surface area contributed by atoms with Crippen molar-refractivity contribution in [1.29, 1.82) is 0 Å². The SMILES string of the molecule is O=[N+]([O-])c1cc(S(=O)(=O)c2ccccc2)ccc1NS(=O)(=O)C(F)(F)F. The summed E-state index contributed by atoms with van der Waals surface area (Å²) in [5, 5.41) is 11.1. The average Bonchev–Trinajstić information content (AvgIpc) is 2.54. The fourth-order valence-corrected chi connectivity index (χ4v) is 3.73. The Hall–Kier alpha value is -2.67. The maximum atomic E-state index is 12.4. The zero-order valence-electron chi connectivity index (χ0n) is 12.5. The number of nitro benzene ring substituents is 1. The topological polar surface area (TPSA) is 123 Å². The standard InChI is InChI=1S/C13H9F3N2O6S2/c14-13(15,16)26(23,24)17-11-7-6-10(8-12(11)18(19)20)25(21,22)9-4-2-1-3-5-9/h1-8,17H. The molecule has 0 spiro atoms. The Labute approximate surface area is 145 Å². The monoisotopic (exact) mass is 410 g/mol. The Morgan fingerprint density at radius 3 is 2.00 bits per heavy atom. The van der Waals surface area contributed by atoms with Crippen LogP contribution in [0.4, 0.5) is 24.5 Å². The minimum atomic E-state index is -5.91. The number of alkyl halides is 3. The summed E-state index contributed by atoms with van der Waals surface area (Å²) in [5.74, 6) is 0. The third kappa shape index (κ3) is 3.77. The molecule has 0 aliphatic rings. The van der Waals surface area contributed by atoms with Crippen LogP contribution in [-0.2, 0) is 19.9 Å². The Morgan fingerprint density at radius 2 is 1.50 bits per heavy atom. The first-order chi connectivity index (χ1) is 11.9. The van der Waals surface area contributed by atoms with Gasteiger partial charge in [0, 0.05) is 6.07 Å². The summed E-state index contributed by atoms with van der Waals surface area (Å²) in [6, 6.07) is 8.64. The number of nitro groups is 1. The van der Waals surface area contributed by atoms with Gasteiger partial charge in [0.2, 0.25) is 9.84 Å². The molecule has 2 rings (SSSR count). The van der Waals surface area contributed by atoms with Crippen LogP contribution >= 0.6 is 0 Å². The summed E-state index contributed by atoms with van der Waals surface area (Å²) in [6.45, 7) is 0. The molecule has 0 fully saturated rings. The fourth-order valence-electron chi connectivity index (χ4n) is 1.85. The van der Waals surface area contributed by atoms with Crippen LogP contribution in [0.1, 0.15) is 0 Å². The quantitative estimate of drug-likeness (QED) is 0.597. The summed E-state index contributed by atoms with van der Waals surface area (Å²) in [4.78, 5) is 9.10. The van der Waals surface area contributed by atoms with Crippen molar-refractivity contribution in [3.8, 4) is 0 Å². The lowest BCUT2D eigenvalue weighted by atomic mass is 10.3. The van der Waals surface area contributed by atoms with E-state index in [2.05, 4.69) is 0 Å². The maximum absolute atomic E-state index is 12.4. The normalized spacial score (nSPS) is 12.6. The number of sulfone groups is 1. The van der Waals surface area contributed by atoms with E-state index in [9.17, 15) is 40.1 Å². The second-order valence-electron chi connectivity index (χ2n) is 4.80. The van der Waals surface area contributed by atoms with Gasteiger partial charge in [0.25, 0.3) is 5.69 Å². The maximum Gasteiger partial charge on any atom is 0.516 e. The van der Waals surface area contributed by atoms with Crippen molar-refractivity contribution in [2.24, 2.45) is 0 Å². The molecule has 1 N–H and O–H groups in total. The van der Waals surface area contributed by atoms with Gasteiger partial charge in [0.15, 0.2) is 0 Å². The van der Waals surface area contributed by atoms with Gasteiger partial charge < -0.3 is 0 Å². The number of nitrogens with zero attached hydrogens (tertiary/aromatic N) is 1. The minimum absolute atomic E-state index is 0.196. The van der Waals surface area contributed by atoms with Crippen molar-refractivity contribution >= 4 is 31.2 Å². The largest absolute Gasteiger partial charge is 0.516 e. The molecule has 0 aliphatic heterocycles. The molecule has 8 nitrogen and oxygen atoms in total. The molecule has 0 aromatic heterocycles. The number of anilines is 1. The molecule has 0 radical (unpaired) electrons. The third-order valence-corrected chi connectivity index (χ3v) is 5.94. The van der Waals surface area contributed by atoms with Crippen LogP contribution in [0.2, 0.25) is 0 Å². The van der Waals surface area contributed by atoms with E-state index >= 15 is 0 Å². The molecule has 2 aromatic rings. The van der Waals surface area contributed by atoms with Gasteiger partial charge in [-0.1, -0.05) is 18.2 Å². The fraction of sp³-hybridized carbons (Fsp3) is 0.0769. The van der Waals surface area contributed by atoms with Crippen molar-refractivity contribution < 1.29 is 34.9 Å². The average molecular weight is 410 g/mol. The number of hydrogen-bond donors (Lipinski definition) is 1. The molecule has 0 saturated carbocycles. The molecule has 0 atom stereocenters. The van der Waals surface area contributed by atoms with Crippen LogP contribution in [0, 0.1) is 10.1 Å². The molecular weight excluding hydrogens is 401 g/mol. The molecule has 2 aromatic carbocycles. The molecule has 140 valence electrons. The molecule has 0 aliphatic carbocycles. The summed E-state index contributed by atoms with van der Waals surface area (Å²) >= 11 is 0. The Morgan fingerprint density at radius 1 is 0.923 bits per heavy atom. The van der Waals surface area contributed by atoms with Gasteiger partial charge in [-0.2, -0.15) is 21.6 Å². The Bertz CT molecular complexity index is 1050. The van der Waals surface area contributed by atoms with Gasteiger partial charge >= 0.3 is 15.5 Å². The molecule has 0 saturated heterocycles. The van der Waals surface area contributed by atoms with Crippen LogP contribution in [-0.4, -0.2) is 27.3 Å². The zero-order valence-corrected chi connectivity index (χ0v) is 14.1. The minimum Gasteiger partial charge on any atom is -0.269 e. The molecule has 0 heterocycles. The highest BCUT2D eigenvalue weighted by Gasteiger charge is 2.46. The van der Waals surface area contributed by atoms with E-state index in [0.29, 0.717) is 12.1 Å². The number of benzene rings is 2. The highest BCUT2D eigenvalue weighted by Crippen LogP contribution is 2.33. The summed E-state index contributed by atoms with van der Waals surface area (Å²) in [5.41, 5.74) is -7.86. The van der Waals surface area contributed by atoms with E-state index in [1.165, 1.54) is 30.3 Å². The first-order valence-corrected chi connectivity index (χ1v) is 9.50. The lowest BCUT2D eigenvalue weighted by Gasteiger charge is -2.11. The zero-order chi connectivity index (χ0) is 19.8. The predicted molar refractivity (Wildman–Crippen MR) is 83.6 cm³/mol. The molecule has 0 amide bonds. The van der Waals surface area contributed by atoms with Gasteiger partial charge in [-0.05, 0) is 24.3 Å². The van der Waals surface area contributed by atoms with E-state index in [0.717, 1.165) is 10.8 Å². The van der Waals surface area contributed by atoms with Crippen LogP contribution in [0.25, 0.3) is 0 Å². The van der Waals surface area contributed by atoms with Gasteiger partial charge in [-0.25, -0.2) is 8.42 Å². The number of rotatable bonds is 5. The second kappa shape index (κ2) is 6.57. The summed E-state index contributed by atoms with van der Waals surface area (Å²) in [7, 11) is -10.1. The van der Waals surface area contributed by atoms with E-state index in [1.54, 1.807) is 0 Å². The first-order valence-electron chi connectivity index (χ1n) is 6.54. The third-order valence-electron chi connectivity index (χ3n) is 3.08. The Kier molecular flexibility index (Phi) is 4.96. The van der Waals surface area contributed by atoms with Gasteiger partial charge in [0.1, 0.15) is 5.69 Å². The molecule has 26 heavy (non-hydrogen) atoms. The van der Waals surface area contributed by atoms with Crippen LogP contribution < -0.4 is 4.72 Å². The molecule has 13 heteroatoms. The van der Waals surface area contributed by atoms with Crippen LogP contribution in [0.5, 0.6) is 0 Å². The molecule has 0 unspecified atom stereocenters. The van der Waals surface area contributed by atoms with E-state index in [1.807, 2.05) is 0 Å². The van der Waals surface area contributed by atoms with E-state index in [-0.39, 0.29) is 4.90 Å². The number of nitrogens with one attached hydrogen (secondary N) is 1. The van der Waals surface area contributed by atoms with Gasteiger partial charge in [0.05, 0.1) is 14.7 Å². The Balaban J connectivity index is 2.56. The smallest absolute Gasteiger partial charge is 0.269 e. The van der Waals surface area contributed by atoms with Crippen LogP contribution in [0.15, 0.2) is 58.3 Å². The van der Waals surface area contributed by atoms with Crippen molar-refractivity contribution in [2.45, 2.75) is 15.3 Å².